The monoisotopic (exact) mass is 239 g/mol. The second kappa shape index (κ2) is 5.98. The highest BCUT2D eigenvalue weighted by Gasteiger charge is 2.15. The molecule has 0 aromatic heterocycles. The van der Waals surface area contributed by atoms with Crippen molar-refractivity contribution in [2.45, 2.75) is 13.0 Å². The fourth-order valence-electron chi connectivity index (χ4n) is 1.92. The van der Waals surface area contributed by atoms with Gasteiger partial charge in [-0.1, -0.05) is 0 Å². The molecule has 0 aliphatic carbocycles. The Bertz CT molecular complexity index is 342. The molecule has 1 heterocycles. The summed E-state index contributed by atoms with van der Waals surface area (Å²) in [4.78, 5) is 2.32. The highest BCUT2D eigenvalue weighted by atomic mass is 19.1. The molecule has 1 aliphatic rings. The molecular weight excluding hydrogens is 221 g/mol. The van der Waals surface area contributed by atoms with Gasteiger partial charge in [0, 0.05) is 19.6 Å². The van der Waals surface area contributed by atoms with Crippen LogP contribution in [0.3, 0.4) is 0 Å². The molecule has 1 saturated heterocycles. The normalized spacial score (nSPS) is 21.4. The number of benzene rings is 1. The molecule has 1 unspecified atom stereocenters. The molecule has 1 aromatic rings. The summed E-state index contributed by atoms with van der Waals surface area (Å²) < 4.78 is 23.7. The average molecular weight is 239 g/mol. The van der Waals surface area contributed by atoms with Crippen molar-refractivity contribution in [3.8, 4) is 5.75 Å². The summed E-state index contributed by atoms with van der Waals surface area (Å²) in [6, 6.07) is 6.12. The van der Waals surface area contributed by atoms with Crippen LogP contribution in [0.15, 0.2) is 24.3 Å². The van der Waals surface area contributed by atoms with E-state index in [9.17, 15) is 4.39 Å². The number of hydrogen-bond donors (Lipinski definition) is 0. The van der Waals surface area contributed by atoms with E-state index in [1.807, 2.05) is 0 Å². The minimum atomic E-state index is -0.237. The van der Waals surface area contributed by atoms with Crippen LogP contribution < -0.4 is 4.74 Å². The molecule has 17 heavy (non-hydrogen) atoms. The van der Waals surface area contributed by atoms with Crippen molar-refractivity contribution in [2.24, 2.45) is 0 Å². The molecule has 0 bridgehead atoms. The van der Waals surface area contributed by atoms with E-state index in [2.05, 4.69) is 11.8 Å². The maximum atomic E-state index is 12.7. The van der Waals surface area contributed by atoms with E-state index in [1.54, 1.807) is 12.1 Å². The summed E-state index contributed by atoms with van der Waals surface area (Å²) in [7, 11) is 0. The first kappa shape index (κ1) is 12.3. The van der Waals surface area contributed by atoms with Crippen molar-refractivity contribution in [1.82, 2.24) is 4.90 Å². The molecule has 3 nitrogen and oxygen atoms in total. The van der Waals surface area contributed by atoms with Gasteiger partial charge in [-0.15, -0.1) is 0 Å². The summed E-state index contributed by atoms with van der Waals surface area (Å²) in [5.74, 6) is 0.479. The van der Waals surface area contributed by atoms with Crippen LogP contribution in [0.2, 0.25) is 0 Å². The van der Waals surface area contributed by atoms with Crippen molar-refractivity contribution < 1.29 is 13.9 Å². The third kappa shape index (κ3) is 3.98. The van der Waals surface area contributed by atoms with Gasteiger partial charge >= 0.3 is 0 Å². The lowest BCUT2D eigenvalue weighted by molar-refractivity contribution is -0.0214. The molecular formula is C13H18FNO2. The van der Waals surface area contributed by atoms with E-state index in [0.29, 0.717) is 18.5 Å². The van der Waals surface area contributed by atoms with Crippen molar-refractivity contribution >= 4 is 0 Å². The Morgan fingerprint density at radius 2 is 2.18 bits per heavy atom. The molecule has 1 atom stereocenters. The Morgan fingerprint density at radius 3 is 2.88 bits per heavy atom. The van der Waals surface area contributed by atoms with Crippen LogP contribution in [0.1, 0.15) is 6.92 Å². The Balaban J connectivity index is 1.70. The molecule has 0 saturated carbocycles. The smallest absolute Gasteiger partial charge is 0.123 e. The second-order valence-corrected chi connectivity index (χ2v) is 4.28. The molecule has 2 rings (SSSR count). The summed E-state index contributed by atoms with van der Waals surface area (Å²) in [5, 5.41) is 0. The van der Waals surface area contributed by atoms with E-state index < -0.39 is 0 Å². The van der Waals surface area contributed by atoms with Crippen molar-refractivity contribution in [1.29, 1.82) is 0 Å². The van der Waals surface area contributed by atoms with Crippen LogP contribution in [0.4, 0.5) is 4.39 Å². The minimum Gasteiger partial charge on any atom is -0.492 e. The molecule has 1 aromatic carbocycles. The van der Waals surface area contributed by atoms with Gasteiger partial charge < -0.3 is 9.47 Å². The predicted molar refractivity (Wildman–Crippen MR) is 63.7 cm³/mol. The molecule has 0 spiro atoms. The van der Waals surface area contributed by atoms with Gasteiger partial charge in [-0.3, -0.25) is 4.90 Å². The van der Waals surface area contributed by atoms with Crippen LogP contribution in [0, 0.1) is 5.82 Å². The highest BCUT2D eigenvalue weighted by molar-refractivity contribution is 5.21. The molecule has 0 amide bonds. The molecule has 94 valence electrons. The van der Waals surface area contributed by atoms with Crippen LogP contribution in [0.5, 0.6) is 5.75 Å². The topological polar surface area (TPSA) is 21.7 Å². The molecule has 0 radical (unpaired) electrons. The lowest BCUT2D eigenvalue weighted by Gasteiger charge is -2.30. The SMILES string of the molecule is CC1CN(CCOc2ccc(F)cc2)CCO1. The Labute approximate surface area is 101 Å². The number of nitrogens with zero attached hydrogens (tertiary/aromatic N) is 1. The zero-order valence-electron chi connectivity index (χ0n) is 10.1. The van der Waals surface area contributed by atoms with Crippen LogP contribution in [-0.4, -0.2) is 43.9 Å². The minimum absolute atomic E-state index is 0.237. The lowest BCUT2D eigenvalue weighted by Crippen LogP contribution is -2.42. The van der Waals surface area contributed by atoms with Crippen LogP contribution in [-0.2, 0) is 4.74 Å². The number of ether oxygens (including phenoxy) is 2. The first-order valence-electron chi connectivity index (χ1n) is 5.96. The van der Waals surface area contributed by atoms with Crippen molar-refractivity contribution in [3.63, 3.8) is 0 Å². The first-order chi connectivity index (χ1) is 8.24. The van der Waals surface area contributed by atoms with E-state index in [1.165, 1.54) is 12.1 Å². The van der Waals surface area contributed by atoms with Gasteiger partial charge in [0.25, 0.3) is 0 Å². The quantitative estimate of drug-likeness (QED) is 0.801. The zero-order chi connectivity index (χ0) is 12.1. The van der Waals surface area contributed by atoms with Crippen LogP contribution in [0.25, 0.3) is 0 Å². The van der Waals surface area contributed by atoms with E-state index >= 15 is 0 Å². The second-order valence-electron chi connectivity index (χ2n) is 4.28. The third-order valence-electron chi connectivity index (χ3n) is 2.82. The molecule has 1 aliphatic heterocycles. The van der Waals surface area contributed by atoms with Crippen molar-refractivity contribution in [2.75, 3.05) is 32.8 Å². The van der Waals surface area contributed by atoms with Gasteiger partial charge in [-0.05, 0) is 31.2 Å². The van der Waals surface area contributed by atoms with Gasteiger partial charge in [0.2, 0.25) is 0 Å². The maximum Gasteiger partial charge on any atom is 0.123 e. The Morgan fingerprint density at radius 1 is 1.41 bits per heavy atom. The van der Waals surface area contributed by atoms with Crippen LogP contribution >= 0.6 is 0 Å². The van der Waals surface area contributed by atoms with Crippen molar-refractivity contribution in [3.05, 3.63) is 30.1 Å². The van der Waals surface area contributed by atoms with E-state index in [0.717, 1.165) is 26.2 Å². The predicted octanol–water partition coefficient (Wildman–Crippen LogP) is 1.93. The lowest BCUT2D eigenvalue weighted by atomic mass is 10.3. The first-order valence-corrected chi connectivity index (χ1v) is 5.96. The third-order valence-corrected chi connectivity index (χ3v) is 2.82. The molecule has 1 fully saturated rings. The van der Waals surface area contributed by atoms with Gasteiger partial charge in [0.05, 0.1) is 12.7 Å². The van der Waals surface area contributed by atoms with E-state index in [4.69, 9.17) is 9.47 Å². The maximum absolute atomic E-state index is 12.7. The number of halogens is 1. The fraction of sp³-hybridized carbons (Fsp3) is 0.538. The van der Waals surface area contributed by atoms with E-state index in [-0.39, 0.29) is 5.82 Å². The Hall–Kier alpha value is -1.13. The highest BCUT2D eigenvalue weighted by Crippen LogP contribution is 2.11. The van der Waals surface area contributed by atoms with Gasteiger partial charge in [-0.25, -0.2) is 4.39 Å². The summed E-state index contributed by atoms with van der Waals surface area (Å²) in [6.45, 7) is 6.28. The molecule has 0 N–H and O–H groups in total. The van der Waals surface area contributed by atoms with Gasteiger partial charge in [-0.2, -0.15) is 0 Å². The fourth-order valence-corrected chi connectivity index (χ4v) is 1.92. The standard InChI is InChI=1S/C13H18FNO2/c1-11-10-15(6-8-16-11)7-9-17-13-4-2-12(14)3-5-13/h2-5,11H,6-10H2,1H3. The van der Waals surface area contributed by atoms with Gasteiger partial charge in [0.15, 0.2) is 0 Å². The average Bonchev–Trinajstić information content (AvgIpc) is 2.32. The summed E-state index contributed by atoms with van der Waals surface area (Å²) >= 11 is 0. The number of rotatable bonds is 4. The summed E-state index contributed by atoms with van der Waals surface area (Å²) in [6.07, 6.45) is 0.301. The zero-order valence-corrected chi connectivity index (χ0v) is 10.1. The summed E-state index contributed by atoms with van der Waals surface area (Å²) in [5.41, 5.74) is 0. The Kier molecular flexibility index (Phi) is 4.34. The van der Waals surface area contributed by atoms with Gasteiger partial charge in [0.1, 0.15) is 18.2 Å². The number of hydrogen-bond acceptors (Lipinski definition) is 3. The largest absolute Gasteiger partial charge is 0.492 e. The molecule has 4 heteroatoms. The number of morpholine rings is 1.